The molecule has 3 aromatic carbocycles. The number of ether oxygens (including phenoxy) is 1. The van der Waals surface area contributed by atoms with E-state index in [-0.39, 0.29) is 29.1 Å². The van der Waals surface area contributed by atoms with Gasteiger partial charge in [-0.3, -0.25) is 13.9 Å². The van der Waals surface area contributed by atoms with Gasteiger partial charge in [0, 0.05) is 12.6 Å². The summed E-state index contributed by atoms with van der Waals surface area (Å²) in [5.74, 6) is -1.00. The summed E-state index contributed by atoms with van der Waals surface area (Å²) in [7, 11) is -4.26. The molecule has 0 aliphatic carbocycles. The first-order chi connectivity index (χ1) is 18.9. The van der Waals surface area contributed by atoms with Crippen LogP contribution in [0.5, 0.6) is 5.75 Å². The Labute approximate surface area is 235 Å². The Kier molecular flexibility index (Phi) is 10.3. The van der Waals surface area contributed by atoms with E-state index in [2.05, 4.69) is 5.32 Å². The van der Waals surface area contributed by atoms with Crippen LogP contribution in [0.3, 0.4) is 0 Å². The molecule has 1 unspecified atom stereocenters. The zero-order valence-corrected chi connectivity index (χ0v) is 24.2. The number of halogens is 1. The smallest absolute Gasteiger partial charge is 0.264 e. The second-order valence-electron chi connectivity index (χ2n) is 9.74. The van der Waals surface area contributed by atoms with Crippen LogP contribution in [0.25, 0.3) is 0 Å². The fraction of sp³-hybridized carbons (Fsp3) is 0.333. The van der Waals surface area contributed by atoms with E-state index in [4.69, 9.17) is 4.74 Å². The van der Waals surface area contributed by atoms with Crippen molar-refractivity contribution in [1.82, 2.24) is 10.2 Å². The van der Waals surface area contributed by atoms with Crippen LogP contribution in [0, 0.1) is 12.7 Å². The van der Waals surface area contributed by atoms with Gasteiger partial charge in [0.05, 0.1) is 17.2 Å². The van der Waals surface area contributed by atoms with E-state index in [9.17, 15) is 22.4 Å². The van der Waals surface area contributed by atoms with Crippen molar-refractivity contribution in [2.24, 2.45) is 0 Å². The Bertz CT molecular complexity index is 1390. The molecule has 1 atom stereocenters. The number of anilines is 1. The quantitative estimate of drug-likeness (QED) is 0.342. The van der Waals surface area contributed by atoms with E-state index in [0.717, 1.165) is 27.6 Å². The fourth-order valence-electron chi connectivity index (χ4n) is 4.02. The van der Waals surface area contributed by atoms with Gasteiger partial charge in [-0.05, 0) is 88.7 Å². The summed E-state index contributed by atoms with van der Waals surface area (Å²) in [4.78, 5) is 28.1. The molecular formula is C30H36FN3O5S. The molecule has 0 saturated carbocycles. The highest BCUT2D eigenvalue weighted by Crippen LogP contribution is 2.26. The first-order valence-electron chi connectivity index (χ1n) is 13.1. The summed E-state index contributed by atoms with van der Waals surface area (Å²) in [5.41, 5.74) is 1.93. The normalized spacial score (nSPS) is 12.1. The summed E-state index contributed by atoms with van der Waals surface area (Å²) in [6, 6.07) is 17.2. The summed E-state index contributed by atoms with van der Waals surface area (Å²) < 4.78 is 47.8. The molecule has 0 spiro atoms. The summed E-state index contributed by atoms with van der Waals surface area (Å²) in [6.07, 6.45) is 0. The van der Waals surface area contributed by atoms with E-state index in [0.29, 0.717) is 12.4 Å². The van der Waals surface area contributed by atoms with Crippen molar-refractivity contribution in [3.8, 4) is 5.75 Å². The topological polar surface area (TPSA) is 96.0 Å². The largest absolute Gasteiger partial charge is 0.494 e. The summed E-state index contributed by atoms with van der Waals surface area (Å²) in [6.45, 7) is 8.90. The Hall–Kier alpha value is -3.92. The fourth-order valence-corrected chi connectivity index (χ4v) is 5.43. The number of hydrogen-bond acceptors (Lipinski definition) is 5. The predicted molar refractivity (Wildman–Crippen MR) is 153 cm³/mol. The van der Waals surface area contributed by atoms with Gasteiger partial charge < -0.3 is 15.0 Å². The van der Waals surface area contributed by atoms with Crippen LogP contribution in [0.4, 0.5) is 10.1 Å². The van der Waals surface area contributed by atoms with E-state index >= 15 is 0 Å². The number of sulfonamides is 1. The molecule has 0 aromatic heterocycles. The Morgan fingerprint density at radius 2 is 1.52 bits per heavy atom. The third-order valence-electron chi connectivity index (χ3n) is 6.19. The van der Waals surface area contributed by atoms with Gasteiger partial charge in [0.15, 0.2) is 0 Å². The molecule has 0 saturated heterocycles. The lowest BCUT2D eigenvalue weighted by Gasteiger charge is -2.32. The maximum atomic E-state index is 13.9. The maximum absolute atomic E-state index is 13.9. The predicted octanol–water partition coefficient (Wildman–Crippen LogP) is 4.67. The molecule has 2 amide bonds. The lowest BCUT2D eigenvalue weighted by atomic mass is 10.1. The van der Waals surface area contributed by atoms with Crippen LogP contribution < -0.4 is 14.4 Å². The van der Waals surface area contributed by atoms with Gasteiger partial charge in [0.25, 0.3) is 10.0 Å². The molecule has 3 aromatic rings. The molecule has 40 heavy (non-hydrogen) atoms. The maximum Gasteiger partial charge on any atom is 0.264 e. The molecule has 0 bridgehead atoms. The summed E-state index contributed by atoms with van der Waals surface area (Å²) >= 11 is 0. The van der Waals surface area contributed by atoms with Gasteiger partial charge in [-0.2, -0.15) is 0 Å². The number of rotatable bonds is 12. The van der Waals surface area contributed by atoms with Crippen LogP contribution in [-0.2, 0) is 26.2 Å². The number of nitrogens with zero attached hydrogens (tertiary/aromatic N) is 2. The van der Waals surface area contributed by atoms with Crippen LogP contribution >= 0.6 is 0 Å². The van der Waals surface area contributed by atoms with Crippen molar-refractivity contribution in [3.05, 3.63) is 89.7 Å². The molecule has 8 nitrogen and oxygen atoms in total. The number of carbonyl (C=O) groups is 2. The van der Waals surface area contributed by atoms with Crippen molar-refractivity contribution < 1.29 is 27.1 Å². The number of hydrogen-bond donors (Lipinski definition) is 1. The highest BCUT2D eigenvalue weighted by molar-refractivity contribution is 7.92. The molecule has 0 radical (unpaired) electrons. The minimum Gasteiger partial charge on any atom is -0.494 e. The van der Waals surface area contributed by atoms with Crippen molar-refractivity contribution >= 4 is 27.5 Å². The molecule has 10 heteroatoms. The summed E-state index contributed by atoms with van der Waals surface area (Å²) in [5, 5.41) is 2.82. The molecule has 0 fully saturated rings. The number of aryl methyl sites for hydroxylation is 1. The number of amides is 2. The minimum absolute atomic E-state index is 0.0660. The third kappa shape index (κ3) is 7.81. The van der Waals surface area contributed by atoms with Crippen molar-refractivity contribution in [3.63, 3.8) is 0 Å². The van der Waals surface area contributed by atoms with Gasteiger partial charge in [0.1, 0.15) is 24.2 Å². The van der Waals surface area contributed by atoms with Crippen LogP contribution in [-0.4, -0.2) is 50.4 Å². The SMILES string of the molecule is CCOc1ccc(S(=O)(=O)N(CC(=O)N(Cc2ccc(C)cc2)C(C)C(=O)NC(C)C)c2ccc(F)cc2)cc1. The first kappa shape index (κ1) is 30.6. The molecule has 1 N–H and O–H groups in total. The Balaban J connectivity index is 2.01. The van der Waals surface area contributed by atoms with Crippen LogP contribution in [0.2, 0.25) is 0 Å². The van der Waals surface area contributed by atoms with E-state index in [1.165, 1.54) is 41.3 Å². The molecule has 0 aliphatic rings. The van der Waals surface area contributed by atoms with Crippen molar-refractivity contribution in [1.29, 1.82) is 0 Å². The zero-order chi connectivity index (χ0) is 29.4. The lowest BCUT2D eigenvalue weighted by Crippen LogP contribution is -2.52. The molecule has 214 valence electrons. The Morgan fingerprint density at radius 3 is 2.08 bits per heavy atom. The molecule has 0 aliphatic heterocycles. The average molecular weight is 570 g/mol. The van der Waals surface area contributed by atoms with E-state index < -0.39 is 34.3 Å². The van der Waals surface area contributed by atoms with Gasteiger partial charge in [-0.25, -0.2) is 12.8 Å². The van der Waals surface area contributed by atoms with Crippen LogP contribution in [0.1, 0.15) is 38.8 Å². The highest BCUT2D eigenvalue weighted by atomic mass is 32.2. The molecular weight excluding hydrogens is 533 g/mol. The van der Waals surface area contributed by atoms with Crippen LogP contribution in [0.15, 0.2) is 77.7 Å². The lowest BCUT2D eigenvalue weighted by molar-refractivity contribution is -0.139. The standard InChI is InChI=1S/C30H36FN3O5S/c1-6-39-27-15-17-28(18-16-27)40(37,38)34(26-13-11-25(31)12-14-26)20-29(35)33(23(5)30(36)32-21(2)3)19-24-9-7-22(4)8-10-24/h7-18,21,23H,6,19-20H2,1-5H3,(H,32,36). The molecule has 3 rings (SSSR count). The number of nitrogens with one attached hydrogen (secondary N) is 1. The number of carbonyl (C=O) groups excluding carboxylic acids is 2. The van der Waals surface area contributed by atoms with E-state index in [1.807, 2.05) is 52.0 Å². The second kappa shape index (κ2) is 13.4. The van der Waals surface area contributed by atoms with Crippen molar-refractivity contribution in [2.75, 3.05) is 17.5 Å². The van der Waals surface area contributed by atoms with E-state index in [1.54, 1.807) is 6.92 Å². The average Bonchev–Trinajstić information content (AvgIpc) is 2.91. The molecule has 0 heterocycles. The Morgan fingerprint density at radius 1 is 0.925 bits per heavy atom. The highest BCUT2D eigenvalue weighted by Gasteiger charge is 2.32. The van der Waals surface area contributed by atoms with Gasteiger partial charge >= 0.3 is 0 Å². The monoisotopic (exact) mass is 569 g/mol. The van der Waals surface area contributed by atoms with Gasteiger partial charge in [-0.15, -0.1) is 0 Å². The minimum atomic E-state index is -4.26. The third-order valence-corrected chi connectivity index (χ3v) is 7.98. The first-order valence-corrected chi connectivity index (χ1v) is 14.5. The number of benzene rings is 3. The van der Waals surface area contributed by atoms with Crippen molar-refractivity contribution in [2.45, 2.75) is 58.1 Å². The zero-order valence-electron chi connectivity index (χ0n) is 23.4. The van der Waals surface area contributed by atoms with Gasteiger partial charge in [-0.1, -0.05) is 29.8 Å². The van der Waals surface area contributed by atoms with Gasteiger partial charge in [0.2, 0.25) is 11.8 Å². The second-order valence-corrected chi connectivity index (χ2v) is 11.6.